The normalized spacial score (nSPS) is 11.7. The molecule has 6 nitrogen and oxygen atoms in total. The summed E-state index contributed by atoms with van der Waals surface area (Å²) in [5.41, 5.74) is 1.61. The maximum absolute atomic E-state index is 12.3. The molecule has 7 heteroatoms. The number of nitrogens with one attached hydrogen (secondary N) is 2. The van der Waals surface area contributed by atoms with Gasteiger partial charge in [0.25, 0.3) is 0 Å². The molecule has 0 aliphatic rings. The Bertz CT molecular complexity index is 680. The van der Waals surface area contributed by atoms with Crippen LogP contribution in [0.1, 0.15) is 18.3 Å². The number of aryl methyl sites for hydroxylation is 1. The highest BCUT2D eigenvalue weighted by Gasteiger charge is 2.17. The first kappa shape index (κ1) is 15.7. The molecule has 2 N–H and O–H groups in total. The van der Waals surface area contributed by atoms with Gasteiger partial charge >= 0.3 is 0 Å². The van der Waals surface area contributed by atoms with E-state index in [9.17, 15) is 8.42 Å². The molecular weight excluding hydrogens is 288 g/mol. The van der Waals surface area contributed by atoms with Gasteiger partial charge in [-0.3, -0.25) is 4.98 Å². The Hall–Kier alpha value is -1.70. The summed E-state index contributed by atoms with van der Waals surface area (Å²) < 4.78 is 28.9. The van der Waals surface area contributed by atoms with Crippen LogP contribution in [0.4, 0.5) is 0 Å². The first-order valence-electron chi connectivity index (χ1n) is 6.78. The molecule has 0 saturated carbocycles. The van der Waals surface area contributed by atoms with Crippen LogP contribution < -0.4 is 10.0 Å². The second-order valence-corrected chi connectivity index (χ2v) is 6.47. The lowest BCUT2D eigenvalue weighted by atomic mass is 10.4. The zero-order valence-corrected chi connectivity index (χ0v) is 13.0. The predicted molar refractivity (Wildman–Crippen MR) is 81.1 cm³/mol. The molecule has 114 valence electrons. The quantitative estimate of drug-likeness (QED) is 0.800. The summed E-state index contributed by atoms with van der Waals surface area (Å²) in [6.07, 6.45) is 3.26. The molecule has 0 radical (unpaired) electrons. The van der Waals surface area contributed by atoms with Gasteiger partial charge in [-0.2, -0.15) is 0 Å². The molecule has 0 aliphatic heterocycles. The van der Waals surface area contributed by atoms with E-state index in [1.165, 1.54) is 0 Å². The third kappa shape index (κ3) is 4.13. The highest BCUT2D eigenvalue weighted by molar-refractivity contribution is 7.89. The average Bonchev–Trinajstić information content (AvgIpc) is 2.86. The molecule has 0 aliphatic carbocycles. The Morgan fingerprint density at radius 1 is 1.29 bits per heavy atom. The van der Waals surface area contributed by atoms with Crippen LogP contribution >= 0.6 is 0 Å². The molecule has 0 aromatic carbocycles. The van der Waals surface area contributed by atoms with Crippen molar-refractivity contribution in [2.45, 2.75) is 24.9 Å². The van der Waals surface area contributed by atoms with Gasteiger partial charge < -0.3 is 9.88 Å². The first-order chi connectivity index (χ1) is 10.0. The number of sulfonamides is 1. The molecule has 0 spiro atoms. The van der Waals surface area contributed by atoms with Crippen LogP contribution in [-0.2, 0) is 30.2 Å². The van der Waals surface area contributed by atoms with E-state index >= 15 is 0 Å². The van der Waals surface area contributed by atoms with Crippen molar-refractivity contribution in [2.24, 2.45) is 7.05 Å². The minimum atomic E-state index is -3.52. The zero-order chi connectivity index (χ0) is 15.3. The number of hydrogen-bond acceptors (Lipinski definition) is 4. The molecule has 0 atom stereocenters. The summed E-state index contributed by atoms with van der Waals surface area (Å²) in [6, 6.07) is 7.09. The molecule has 0 saturated heterocycles. The van der Waals surface area contributed by atoms with Crippen LogP contribution in [-0.4, -0.2) is 24.5 Å². The monoisotopic (exact) mass is 308 g/mol. The van der Waals surface area contributed by atoms with Crippen LogP contribution in [0, 0.1) is 0 Å². The van der Waals surface area contributed by atoms with Crippen LogP contribution in [0.2, 0.25) is 0 Å². The van der Waals surface area contributed by atoms with E-state index in [0.29, 0.717) is 12.2 Å². The minimum Gasteiger partial charge on any atom is -0.352 e. The van der Waals surface area contributed by atoms with Gasteiger partial charge in [0.05, 0.1) is 17.1 Å². The highest BCUT2D eigenvalue weighted by atomic mass is 32.2. The number of aromatic nitrogens is 2. The van der Waals surface area contributed by atoms with Crippen molar-refractivity contribution in [3.05, 3.63) is 48.0 Å². The van der Waals surface area contributed by atoms with E-state index in [-0.39, 0.29) is 11.4 Å². The minimum absolute atomic E-state index is 0.181. The van der Waals surface area contributed by atoms with Crippen molar-refractivity contribution < 1.29 is 8.42 Å². The van der Waals surface area contributed by atoms with Crippen LogP contribution in [0.15, 0.2) is 41.6 Å². The molecular formula is C14H20N4O2S. The average molecular weight is 308 g/mol. The third-order valence-electron chi connectivity index (χ3n) is 3.12. The summed E-state index contributed by atoms with van der Waals surface area (Å²) in [5.74, 6) is 0. The molecule has 0 unspecified atom stereocenters. The largest absolute Gasteiger partial charge is 0.352 e. The van der Waals surface area contributed by atoms with Crippen molar-refractivity contribution in [3.63, 3.8) is 0 Å². The summed E-state index contributed by atoms with van der Waals surface area (Å²) in [5, 5.41) is 3.18. The fraction of sp³-hybridized carbons (Fsp3) is 0.357. The fourth-order valence-electron chi connectivity index (χ4n) is 1.91. The van der Waals surface area contributed by atoms with Gasteiger partial charge in [-0.05, 0) is 24.7 Å². The molecule has 0 bridgehead atoms. The van der Waals surface area contributed by atoms with Crippen molar-refractivity contribution in [1.82, 2.24) is 19.6 Å². The molecule has 0 amide bonds. The topological polar surface area (TPSA) is 76.0 Å². The van der Waals surface area contributed by atoms with Gasteiger partial charge in [0.1, 0.15) is 0 Å². The van der Waals surface area contributed by atoms with Gasteiger partial charge in [-0.15, -0.1) is 0 Å². The van der Waals surface area contributed by atoms with E-state index < -0.39 is 10.0 Å². The van der Waals surface area contributed by atoms with Gasteiger partial charge in [0.2, 0.25) is 10.0 Å². The van der Waals surface area contributed by atoms with E-state index in [0.717, 1.165) is 12.2 Å². The standard InChI is InChI=1S/C14H20N4O2S/c1-3-15-10-13-8-14(11-18(13)2)21(19,20)17-9-12-6-4-5-7-16-12/h4-8,11,15,17H,3,9-10H2,1-2H3. The Balaban J connectivity index is 2.09. The van der Waals surface area contributed by atoms with Gasteiger partial charge in [0.15, 0.2) is 0 Å². The molecule has 2 heterocycles. The number of pyridine rings is 1. The summed E-state index contributed by atoms with van der Waals surface area (Å²) in [4.78, 5) is 4.37. The van der Waals surface area contributed by atoms with Crippen molar-refractivity contribution in [2.75, 3.05) is 6.54 Å². The Morgan fingerprint density at radius 2 is 2.10 bits per heavy atom. The van der Waals surface area contributed by atoms with Crippen molar-refractivity contribution in [3.8, 4) is 0 Å². The van der Waals surface area contributed by atoms with Gasteiger partial charge in [-0.1, -0.05) is 13.0 Å². The summed E-state index contributed by atoms with van der Waals surface area (Å²) in [6.45, 7) is 3.67. The second kappa shape index (κ2) is 6.84. The molecule has 0 fully saturated rings. The Labute approximate surface area is 125 Å². The lowest BCUT2D eigenvalue weighted by Crippen LogP contribution is -2.23. The highest BCUT2D eigenvalue weighted by Crippen LogP contribution is 2.13. The summed E-state index contributed by atoms with van der Waals surface area (Å²) in [7, 11) is -1.69. The maximum atomic E-state index is 12.3. The molecule has 21 heavy (non-hydrogen) atoms. The fourth-order valence-corrected chi connectivity index (χ4v) is 3.00. The number of rotatable bonds is 7. The lowest BCUT2D eigenvalue weighted by Gasteiger charge is -2.04. The van der Waals surface area contributed by atoms with Crippen LogP contribution in [0.5, 0.6) is 0 Å². The Morgan fingerprint density at radius 3 is 2.76 bits per heavy atom. The molecule has 2 rings (SSSR count). The number of nitrogens with zero attached hydrogens (tertiary/aromatic N) is 2. The van der Waals surface area contributed by atoms with E-state index in [2.05, 4.69) is 15.0 Å². The van der Waals surface area contributed by atoms with Crippen molar-refractivity contribution >= 4 is 10.0 Å². The van der Waals surface area contributed by atoms with Crippen LogP contribution in [0.3, 0.4) is 0 Å². The molecule has 2 aromatic heterocycles. The van der Waals surface area contributed by atoms with E-state index in [1.54, 1.807) is 30.6 Å². The van der Waals surface area contributed by atoms with Crippen molar-refractivity contribution in [1.29, 1.82) is 0 Å². The van der Waals surface area contributed by atoms with Gasteiger partial charge in [-0.25, -0.2) is 13.1 Å². The van der Waals surface area contributed by atoms with E-state index in [4.69, 9.17) is 0 Å². The lowest BCUT2D eigenvalue weighted by molar-refractivity contribution is 0.580. The first-order valence-corrected chi connectivity index (χ1v) is 8.27. The second-order valence-electron chi connectivity index (χ2n) is 4.70. The van der Waals surface area contributed by atoms with Gasteiger partial charge in [0, 0.05) is 31.7 Å². The third-order valence-corrected chi connectivity index (χ3v) is 4.49. The zero-order valence-electron chi connectivity index (χ0n) is 12.2. The van der Waals surface area contributed by atoms with E-state index in [1.807, 2.05) is 24.6 Å². The number of hydrogen-bond donors (Lipinski definition) is 2. The smallest absolute Gasteiger partial charge is 0.242 e. The maximum Gasteiger partial charge on any atom is 0.242 e. The molecule has 2 aromatic rings. The Kier molecular flexibility index (Phi) is 5.11. The predicted octanol–water partition coefficient (Wildman–Crippen LogP) is 1.01. The summed E-state index contributed by atoms with van der Waals surface area (Å²) >= 11 is 0. The SMILES string of the molecule is CCNCc1cc(S(=O)(=O)NCc2ccccn2)cn1C. The van der Waals surface area contributed by atoms with Crippen LogP contribution in [0.25, 0.3) is 0 Å².